The van der Waals surface area contributed by atoms with E-state index in [0.717, 1.165) is 5.56 Å². The quantitative estimate of drug-likeness (QED) is 0.866. The Labute approximate surface area is 117 Å². The van der Waals surface area contributed by atoms with Gasteiger partial charge in [0.15, 0.2) is 0 Å². The van der Waals surface area contributed by atoms with Gasteiger partial charge in [-0.1, -0.05) is 30.3 Å². The molecule has 0 saturated heterocycles. The average molecular weight is 272 g/mol. The highest BCUT2D eigenvalue weighted by atomic mass is 16.5. The minimum absolute atomic E-state index is 0.133. The van der Waals surface area contributed by atoms with E-state index in [1.54, 1.807) is 6.07 Å². The molecule has 5 heteroatoms. The van der Waals surface area contributed by atoms with Crippen LogP contribution in [0.2, 0.25) is 0 Å². The molecule has 0 aliphatic carbocycles. The zero-order chi connectivity index (χ0) is 14.4. The van der Waals surface area contributed by atoms with Crippen molar-refractivity contribution in [3.05, 3.63) is 59.9 Å². The van der Waals surface area contributed by atoms with Crippen LogP contribution in [0.3, 0.4) is 0 Å². The monoisotopic (exact) mass is 272 g/mol. The van der Waals surface area contributed by atoms with Crippen molar-refractivity contribution in [2.24, 2.45) is 0 Å². The molecule has 0 saturated carbocycles. The SMILES string of the molecule is COc1cnccc1C(=O)NCC(O)c1ccccc1. The number of hydrogen-bond donors (Lipinski definition) is 2. The first-order valence-electron chi connectivity index (χ1n) is 6.21. The van der Waals surface area contributed by atoms with Gasteiger partial charge in [0.05, 0.1) is 25.0 Å². The van der Waals surface area contributed by atoms with Crippen LogP contribution in [0.1, 0.15) is 22.0 Å². The van der Waals surface area contributed by atoms with Crippen LogP contribution in [0.4, 0.5) is 0 Å². The lowest BCUT2D eigenvalue weighted by Gasteiger charge is -2.13. The van der Waals surface area contributed by atoms with Crippen molar-refractivity contribution in [3.63, 3.8) is 0 Å². The van der Waals surface area contributed by atoms with E-state index in [0.29, 0.717) is 11.3 Å². The molecule has 2 N–H and O–H groups in total. The summed E-state index contributed by atoms with van der Waals surface area (Å²) in [5.74, 6) is 0.0958. The minimum atomic E-state index is -0.743. The third-order valence-electron chi connectivity index (χ3n) is 2.89. The number of nitrogens with one attached hydrogen (secondary N) is 1. The number of pyridine rings is 1. The highest BCUT2D eigenvalue weighted by molar-refractivity contribution is 5.96. The summed E-state index contributed by atoms with van der Waals surface area (Å²) >= 11 is 0. The fraction of sp³-hybridized carbons (Fsp3) is 0.200. The number of nitrogens with zero attached hydrogens (tertiary/aromatic N) is 1. The molecule has 1 aromatic heterocycles. The summed E-state index contributed by atoms with van der Waals surface area (Å²) in [6, 6.07) is 10.7. The van der Waals surface area contributed by atoms with Crippen LogP contribution in [0, 0.1) is 0 Å². The summed E-state index contributed by atoms with van der Waals surface area (Å²) in [6.45, 7) is 0.133. The van der Waals surface area contributed by atoms with Crippen molar-refractivity contribution in [2.75, 3.05) is 13.7 Å². The number of ether oxygens (including phenoxy) is 1. The fourth-order valence-corrected chi connectivity index (χ4v) is 1.81. The summed E-state index contributed by atoms with van der Waals surface area (Å²) < 4.78 is 5.07. The summed E-state index contributed by atoms with van der Waals surface area (Å²) in [5, 5.41) is 12.7. The molecule has 2 rings (SSSR count). The Balaban J connectivity index is 1.99. The highest BCUT2D eigenvalue weighted by Crippen LogP contribution is 2.16. The second-order valence-electron chi connectivity index (χ2n) is 4.21. The van der Waals surface area contributed by atoms with Gasteiger partial charge in [-0.2, -0.15) is 0 Å². The number of carbonyl (C=O) groups excluding carboxylic acids is 1. The number of aliphatic hydroxyl groups is 1. The van der Waals surface area contributed by atoms with Crippen LogP contribution in [0.15, 0.2) is 48.8 Å². The summed E-state index contributed by atoms with van der Waals surface area (Å²) in [7, 11) is 1.48. The lowest BCUT2D eigenvalue weighted by Crippen LogP contribution is -2.28. The Morgan fingerprint density at radius 1 is 1.35 bits per heavy atom. The molecule has 5 nitrogen and oxygen atoms in total. The molecule has 1 atom stereocenters. The molecule has 0 spiro atoms. The maximum atomic E-state index is 12.0. The van der Waals surface area contributed by atoms with E-state index in [9.17, 15) is 9.90 Å². The Bertz CT molecular complexity index is 572. The number of carbonyl (C=O) groups is 1. The van der Waals surface area contributed by atoms with Crippen molar-refractivity contribution in [1.29, 1.82) is 0 Å². The highest BCUT2D eigenvalue weighted by Gasteiger charge is 2.14. The van der Waals surface area contributed by atoms with Crippen molar-refractivity contribution in [1.82, 2.24) is 10.3 Å². The molecule has 2 aromatic rings. The normalized spacial score (nSPS) is 11.7. The zero-order valence-electron chi connectivity index (χ0n) is 11.1. The minimum Gasteiger partial charge on any atom is -0.494 e. The number of amides is 1. The van der Waals surface area contributed by atoms with E-state index < -0.39 is 6.10 Å². The number of aromatic nitrogens is 1. The molecule has 0 fully saturated rings. The van der Waals surface area contributed by atoms with Gasteiger partial charge in [-0.25, -0.2) is 0 Å². The van der Waals surface area contributed by atoms with E-state index in [1.807, 2.05) is 30.3 Å². The van der Waals surface area contributed by atoms with Gasteiger partial charge in [-0.15, -0.1) is 0 Å². The van der Waals surface area contributed by atoms with Gasteiger partial charge >= 0.3 is 0 Å². The molecule has 1 heterocycles. The van der Waals surface area contributed by atoms with Gasteiger partial charge in [0.25, 0.3) is 5.91 Å². The van der Waals surface area contributed by atoms with Gasteiger partial charge in [-0.05, 0) is 11.6 Å². The van der Waals surface area contributed by atoms with E-state index >= 15 is 0 Å². The number of hydrogen-bond acceptors (Lipinski definition) is 4. The van der Waals surface area contributed by atoms with Crippen LogP contribution in [-0.4, -0.2) is 29.7 Å². The summed E-state index contributed by atoms with van der Waals surface area (Å²) in [5.41, 5.74) is 1.15. The first kappa shape index (κ1) is 14.0. The molecular formula is C15H16N2O3. The van der Waals surface area contributed by atoms with Crippen molar-refractivity contribution in [3.8, 4) is 5.75 Å². The van der Waals surface area contributed by atoms with Gasteiger partial charge < -0.3 is 15.2 Å². The molecule has 0 aliphatic rings. The third-order valence-corrected chi connectivity index (χ3v) is 2.89. The van der Waals surface area contributed by atoms with Gasteiger partial charge in [0.1, 0.15) is 5.75 Å². The zero-order valence-corrected chi connectivity index (χ0v) is 11.1. The second-order valence-corrected chi connectivity index (χ2v) is 4.21. The lowest BCUT2D eigenvalue weighted by molar-refractivity contribution is 0.0913. The molecule has 1 amide bonds. The Hall–Kier alpha value is -2.40. The molecule has 1 aromatic carbocycles. The van der Waals surface area contributed by atoms with Crippen LogP contribution in [0.25, 0.3) is 0 Å². The predicted octanol–water partition coefficient (Wildman–Crippen LogP) is 1.55. The van der Waals surface area contributed by atoms with Crippen molar-refractivity contribution >= 4 is 5.91 Å². The molecular weight excluding hydrogens is 256 g/mol. The Morgan fingerprint density at radius 3 is 2.80 bits per heavy atom. The molecule has 1 unspecified atom stereocenters. The van der Waals surface area contributed by atoms with Gasteiger partial charge in [0.2, 0.25) is 0 Å². The number of methoxy groups -OCH3 is 1. The maximum Gasteiger partial charge on any atom is 0.255 e. The molecule has 104 valence electrons. The van der Waals surface area contributed by atoms with Crippen molar-refractivity contribution in [2.45, 2.75) is 6.10 Å². The smallest absolute Gasteiger partial charge is 0.255 e. The van der Waals surface area contributed by atoms with Gasteiger partial charge in [0, 0.05) is 12.7 Å². The largest absolute Gasteiger partial charge is 0.494 e. The topological polar surface area (TPSA) is 71.5 Å². The molecule has 20 heavy (non-hydrogen) atoms. The van der Waals surface area contributed by atoms with Crippen LogP contribution in [0.5, 0.6) is 5.75 Å². The van der Waals surface area contributed by atoms with Crippen LogP contribution >= 0.6 is 0 Å². The number of aliphatic hydroxyl groups excluding tert-OH is 1. The predicted molar refractivity (Wildman–Crippen MR) is 74.5 cm³/mol. The van der Waals surface area contributed by atoms with E-state index in [4.69, 9.17) is 4.74 Å². The third kappa shape index (κ3) is 3.33. The Morgan fingerprint density at radius 2 is 2.10 bits per heavy atom. The summed E-state index contributed by atoms with van der Waals surface area (Å²) in [6.07, 6.45) is 2.25. The maximum absolute atomic E-state index is 12.0. The fourth-order valence-electron chi connectivity index (χ4n) is 1.81. The molecule has 0 bridgehead atoms. The molecule has 0 aliphatic heterocycles. The number of rotatable bonds is 5. The summed E-state index contributed by atoms with van der Waals surface area (Å²) in [4.78, 5) is 15.9. The second kappa shape index (κ2) is 6.68. The average Bonchev–Trinajstić information content (AvgIpc) is 2.53. The first-order chi connectivity index (χ1) is 9.72. The Kier molecular flexibility index (Phi) is 4.68. The van der Waals surface area contributed by atoms with Crippen LogP contribution in [-0.2, 0) is 0 Å². The first-order valence-corrected chi connectivity index (χ1v) is 6.21. The van der Waals surface area contributed by atoms with Crippen LogP contribution < -0.4 is 10.1 Å². The lowest BCUT2D eigenvalue weighted by atomic mass is 10.1. The van der Waals surface area contributed by atoms with Gasteiger partial charge in [-0.3, -0.25) is 9.78 Å². The standard InChI is InChI=1S/C15H16N2O3/c1-20-14-10-16-8-7-12(14)15(19)17-9-13(18)11-5-3-2-4-6-11/h2-8,10,13,18H,9H2,1H3,(H,17,19). The van der Waals surface area contributed by atoms with E-state index in [2.05, 4.69) is 10.3 Å². The molecule has 0 radical (unpaired) electrons. The number of benzene rings is 1. The van der Waals surface area contributed by atoms with Crippen molar-refractivity contribution < 1.29 is 14.6 Å². The van der Waals surface area contributed by atoms with E-state index in [1.165, 1.54) is 19.5 Å². The van der Waals surface area contributed by atoms with E-state index in [-0.39, 0.29) is 12.5 Å².